The zero-order valence-corrected chi connectivity index (χ0v) is 15.5. The van der Waals surface area contributed by atoms with Crippen LogP contribution >= 0.6 is 11.6 Å². The third-order valence-corrected chi connectivity index (χ3v) is 6.02. The van der Waals surface area contributed by atoms with Crippen molar-refractivity contribution in [1.29, 1.82) is 0 Å². The number of halogens is 1. The van der Waals surface area contributed by atoms with E-state index in [1.54, 1.807) is 12.1 Å². The van der Waals surface area contributed by atoms with Crippen LogP contribution in [0.25, 0.3) is 0 Å². The van der Waals surface area contributed by atoms with Crippen LogP contribution in [-0.4, -0.2) is 20.6 Å². The quantitative estimate of drug-likeness (QED) is 0.856. The maximum absolute atomic E-state index is 12.7. The largest absolute Gasteiger partial charge is 0.345 e. The van der Waals surface area contributed by atoms with Gasteiger partial charge in [0.2, 0.25) is 0 Å². The number of rotatable bonds is 5. The Morgan fingerprint density at radius 3 is 2.40 bits per heavy atom. The molecule has 2 aromatic rings. The third kappa shape index (κ3) is 4.22. The standard InChI is InChI=1S/C19H20ClNO3S/c1-25(23,24)17-7-3-6-15(12-17)19(22)21-18(13-4-2-5-13)14-8-10-16(20)11-9-14/h3,6-13,18H,2,4-5H2,1H3,(H,21,22). The molecule has 0 radical (unpaired) electrons. The predicted octanol–water partition coefficient (Wildman–Crippen LogP) is 4.01. The average molecular weight is 378 g/mol. The molecule has 0 bridgehead atoms. The fourth-order valence-corrected chi connectivity index (χ4v) is 3.80. The van der Waals surface area contributed by atoms with Crippen molar-refractivity contribution in [2.45, 2.75) is 30.2 Å². The van der Waals surface area contributed by atoms with Gasteiger partial charge in [0.15, 0.2) is 9.84 Å². The molecule has 1 aliphatic rings. The fourth-order valence-electron chi connectivity index (χ4n) is 3.01. The molecule has 2 aromatic carbocycles. The number of hydrogen-bond acceptors (Lipinski definition) is 3. The summed E-state index contributed by atoms with van der Waals surface area (Å²) in [5.74, 6) is 0.126. The third-order valence-electron chi connectivity index (χ3n) is 4.66. The zero-order chi connectivity index (χ0) is 18.0. The molecule has 1 N–H and O–H groups in total. The van der Waals surface area contributed by atoms with Gasteiger partial charge < -0.3 is 5.32 Å². The van der Waals surface area contributed by atoms with Crippen molar-refractivity contribution in [2.24, 2.45) is 5.92 Å². The van der Waals surface area contributed by atoms with E-state index in [0.29, 0.717) is 16.5 Å². The Morgan fingerprint density at radius 1 is 1.16 bits per heavy atom. The molecule has 1 atom stereocenters. The van der Waals surface area contributed by atoms with Crippen LogP contribution in [0.15, 0.2) is 53.4 Å². The van der Waals surface area contributed by atoms with Crippen LogP contribution in [0.5, 0.6) is 0 Å². The van der Waals surface area contributed by atoms with E-state index in [0.717, 1.165) is 31.1 Å². The highest BCUT2D eigenvalue weighted by Gasteiger charge is 2.30. The summed E-state index contributed by atoms with van der Waals surface area (Å²) in [5, 5.41) is 3.73. The summed E-state index contributed by atoms with van der Waals surface area (Å²) in [7, 11) is -3.35. The molecule has 1 unspecified atom stereocenters. The number of carbonyl (C=O) groups excluding carboxylic acids is 1. The molecular weight excluding hydrogens is 358 g/mol. The van der Waals surface area contributed by atoms with Crippen molar-refractivity contribution in [1.82, 2.24) is 5.32 Å². The van der Waals surface area contributed by atoms with E-state index in [9.17, 15) is 13.2 Å². The highest BCUT2D eigenvalue weighted by atomic mass is 35.5. The van der Waals surface area contributed by atoms with Gasteiger partial charge in [-0.15, -0.1) is 0 Å². The van der Waals surface area contributed by atoms with Crippen molar-refractivity contribution >= 4 is 27.3 Å². The van der Waals surface area contributed by atoms with E-state index in [-0.39, 0.29) is 16.8 Å². The highest BCUT2D eigenvalue weighted by molar-refractivity contribution is 7.90. The maximum Gasteiger partial charge on any atom is 0.251 e. The second-order valence-electron chi connectivity index (χ2n) is 6.49. The maximum atomic E-state index is 12.7. The molecule has 1 fully saturated rings. The minimum atomic E-state index is -3.35. The molecule has 3 rings (SSSR count). The topological polar surface area (TPSA) is 63.2 Å². The molecule has 1 aliphatic carbocycles. The Kier molecular flexibility index (Phi) is 5.16. The Labute approximate surface area is 153 Å². The van der Waals surface area contributed by atoms with Gasteiger partial charge in [0.1, 0.15) is 0 Å². The van der Waals surface area contributed by atoms with Crippen molar-refractivity contribution in [3.05, 3.63) is 64.7 Å². The number of benzene rings is 2. The fraction of sp³-hybridized carbons (Fsp3) is 0.316. The average Bonchev–Trinajstić information content (AvgIpc) is 2.52. The lowest BCUT2D eigenvalue weighted by Crippen LogP contribution is -2.36. The van der Waals surface area contributed by atoms with Crippen LogP contribution in [0.2, 0.25) is 5.02 Å². The number of amides is 1. The first kappa shape index (κ1) is 18.0. The molecule has 132 valence electrons. The van der Waals surface area contributed by atoms with Crippen LogP contribution in [0.4, 0.5) is 0 Å². The van der Waals surface area contributed by atoms with Crippen molar-refractivity contribution in [3.8, 4) is 0 Å². The first-order valence-corrected chi connectivity index (χ1v) is 10.5. The van der Waals surface area contributed by atoms with Gasteiger partial charge >= 0.3 is 0 Å². The zero-order valence-electron chi connectivity index (χ0n) is 13.9. The Bertz CT molecular complexity index is 874. The SMILES string of the molecule is CS(=O)(=O)c1cccc(C(=O)NC(c2ccc(Cl)cc2)C2CCC2)c1. The first-order valence-electron chi connectivity index (χ1n) is 8.21. The second-order valence-corrected chi connectivity index (χ2v) is 8.95. The molecule has 0 aliphatic heterocycles. The van der Waals surface area contributed by atoms with E-state index in [1.165, 1.54) is 12.1 Å². The van der Waals surface area contributed by atoms with Crippen LogP contribution in [-0.2, 0) is 9.84 Å². The number of nitrogens with one attached hydrogen (secondary N) is 1. The number of sulfone groups is 1. The van der Waals surface area contributed by atoms with Gasteiger partial charge in [-0.3, -0.25) is 4.79 Å². The van der Waals surface area contributed by atoms with Gasteiger partial charge in [0.25, 0.3) is 5.91 Å². The lowest BCUT2D eigenvalue weighted by molar-refractivity contribution is 0.0900. The van der Waals surface area contributed by atoms with Gasteiger partial charge in [0.05, 0.1) is 10.9 Å². The summed E-state index contributed by atoms with van der Waals surface area (Å²) in [5.41, 5.74) is 1.36. The molecule has 4 nitrogen and oxygen atoms in total. The minimum Gasteiger partial charge on any atom is -0.345 e. The van der Waals surface area contributed by atoms with E-state index < -0.39 is 9.84 Å². The summed E-state index contributed by atoms with van der Waals surface area (Å²) < 4.78 is 23.4. The van der Waals surface area contributed by atoms with E-state index in [4.69, 9.17) is 11.6 Å². The van der Waals surface area contributed by atoms with Crippen LogP contribution in [0.3, 0.4) is 0 Å². The normalized spacial score (nSPS) is 16.1. The summed E-state index contributed by atoms with van der Waals surface area (Å²) in [4.78, 5) is 12.8. The summed E-state index contributed by atoms with van der Waals surface area (Å²) >= 11 is 5.96. The van der Waals surface area contributed by atoms with Crippen LogP contribution in [0, 0.1) is 5.92 Å². The first-order chi connectivity index (χ1) is 11.8. The number of carbonyl (C=O) groups is 1. The predicted molar refractivity (Wildman–Crippen MR) is 98.6 cm³/mol. The van der Waals surface area contributed by atoms with Gasteiger partial charge in [0, 0.05) is 16.8 Å². The Hall–Kier alpha value is -1.85. The monoisotopic (exact) mass is 377 g/mol. The lowest BCUT2D eigenvalue weighted by Gasteiger charge is -2.34. The van der Waals surface area contributed by atoms with Gasteiger partial charge in [-0.1, -0.05) is 36.2 Å². The van der Waals surface area contributed by atoms with Crippen molar-refractivity contribution in [2.75, 3.05) is 6.26 Å². The van der Waals surface area contributed by atoms with Crippen LogP contribution in [0.1, 0.15) is 41.2 Å². The molecule has 0 spiro atoms. The van der Waals surface area contributed by atoms with E-state index in [1.807, 2.05) is 24.3 Å². The Morgan fingerprint density at radius 2 is 1.84 bits per heavy atom. The summed E-state index contributed by atoms with van der Waals surface area (Å²) in [6, 6.07) is 13.5. The minimum absolute atomic E-state index is 0.0968. The molecule has 0 aromatic heterocycles. The van der Waals surface area contributed by atoms with Crippen molar-refractivity contribution < 1.29 is 13.2 Å². The van der Waals surface area contributed by atoms with Crippen molar-refractivity contribution in [3.63, 3.8) is 0 Å². The molecule has 25 heavy (non-hydrogen) atoms. The molecule has 1 saturated carbocycles. The highest BCUT2D eigenvalue weighted by Crippen LogP contribution is 2.38. The summed E-state index contributed by atoms with van der Waals surface area (Å²) in [6.07, 6.45) is 4.43. The Balaban J connectivity index is 1.84. The van der Waals surface area contributed by atoms with Crippen LogP contribution < -0.4 is 5.32 Å². The molecule has 0 saturated heterocycles. The number of hydrogen-bond donors (Lipinski definition) is 1. The van der Waals surface area contributed by atoms with E-state index >= 15 is 0 Å². The smallest absolute Gasteiger partial charge is 0.251 e. The molecule has 0 heterocycles. The van der Waals surface area contributed by atoms with Gasteiger partial charge in [-0.25, -0.2) is 8.42 Å². The van der Waals surface area contributed by atoms with Gasteiger partial charge in [-0.05, 0) is 54.7 Å². The molecule has 1 amide bonds. The second kappa shape index (κ2) is 7.18. The van der Waals surface area contributed by atoms with Gasteiger partial charge in [-0.2, -0.15) is 0 Å². The summed E-state index contributed by atoms with van der Waals surface area (Å²) in [6.45, 7) is 0. The molecular formula is C19H20ClNO3S. The van der Waals surface area contributed by atoms with E-state index in [2.05, 4.69) is 5.32 Å². The lowest BCUT2D eigenvalue weighted by atomic mass is 9.77. The molecule has 6 heteroatoms.